The molecule has 0 aliphatic rings. The third-order valence-electron chi connectivity index (χ3n) is 4.28. The maximum absolute atomic E-state index is 13.1. The van der Waals surface area contributed by atoms with Gasteiger partial charge >= 0.3 is 0 Å². The highest BCUT2D eigenvalue weighted by molar-refractivity contribution is 5.36. The smallest absolute Gasteiger partial charge is 0.123 e. The highest BCUT2D eigenvalue weighted by atomic mass is 19.1. The van der Waals surface area contributed by atoms with Crippen molar-refractivity contribution in [3.63, 3.8) is 0 Å². The molecule has 0 aliphatic carbocycles. The number of rotatable bonds is 5. The fourth-order valence-corrected chi connectivity index (χ4v) is 2.77. The minimum atomic E-state index is -0.258. The molecule has 1 heterocycles. The van der Waals surface area contributed by atoms with E-state index in [1.807, 2.05) is 42.1 Å². The van der Waals surface area contributed by atoms with Gasteiger partial charge in [-0.3, -0.25) is 0 Å². The van der Waals surface area contributed by atoms with Crippen LogP contribution in [0.4, 0.5) is 4.39 Å². The zero-order chi connectivity index (χ0) is 17.8. The van der Waals surface area contributed by atoms with E-state index in [2.05, 4.69) is 23.4 Å². The normalized spacial score (nSPS) is 11.9. The first-order chi connectivity index (χ1) is 12.1. The lowest BCUT2D eigenvalue weighted by molar-refractivity contribution is 0.571. The lowest BCUT2D eigenvalue weighted by atomic mass is 10.1. The van der Waals surface area contributed by atoms with Crippen LogP contribution >= 0.6 is 0 Å². The van der Waals surface area contributed by atoms with Crippen LogP contribution in [0.3, 0.4) is 0 Å². The third-order valence-corrected chi connectivity index (χ3v) is 4.28. The number of halogens is 1. The molecule has 5 heteroatoms. The van der Waals surface area contributed by atoms with Crippen molar-refractivity contribution >= 4 is 0 Å². The van der Waals surface area contributed by atoms with Gasteiger partial charge in [-0.25, -0.2) is 9.07 Å². The molecule has 1 atom stereocenters. The average Bonchev–Trinajstić information content (AvgIpc) is 3.02. The first kappa shape index (κ1) is 16.9. The van der Waals surface area contributed by atoms with E-state index < -0.39 is 0 Å². The lowest BCUT2D eigenvalue weighted by Crippen LogP contribution is -2.18. The molecule has 1 N–H and O–H groups in total. The van der Waals surface area contributed by atoms with E-state index in [-0.39, 0.29) is 11.9 Å². The predicted octanol–water partition coefficient (Wildman–Crippen LogP) is 4.04. The fraction of sp³-hybridized carbons (Fsp3) is 0.200. The largest absolute Gasteiger partial charge is 0.306 e. The summed E-state index contributed by atoms with van der Waals surface area (Å²) in [7, 11) is 0. The van der Waals surface area contributed by atoms with Gasteiger partial charge in [-0.05, 0) is 55.8 Å². The molecule has 0 saturated carbocycles. The summed E-state index contributed by atoms with van der Waals surface area (Å²) < 4.78 is 14.9. The first-order valence-corrected chi connectivity index (χ1v) is 8.11. The molecule has 0 aliphatic heterocycles. The Balaban J connectivity index is 1.71. The van der Waals surface area contributed by atoms with Crippen molar-refractivity contribution in [1.82, 2.24) is 15.1 Å². The Labute approximate surface area is 146 Å². The summed E-state index contributed by atoms with van der Waals surface area (Å²) in [5.41, 5.74) is 4.73. The van der Waals surface area contributed by atoms with Crippen molar-refractivity contribution in [2.45, 2.75) is 26.4 Å². The number of aromatic nitrogens is 2. The summed E-state index contributed by atoms with van der Waals surface area (Å²) in [6, 6.07) is 16.1. The average molecular weight is 334 g/mol. The zero-order valence-corrected chi connectivity index (χ0v) is 14.2. The van der Waals surface area contributed by atoms with Crippen LogP contribution in [-0.4, -0.2) is 9.78 Å². The summed E-state index contributed by atoms with van der Waals surface area (Å²) in [5.74, 6) is -0.258. The molecule has 126 valence electrons. The van der Waals surface area contributed by atoms with Crippen LogP contribution in [0.25, 0.3) is 5.69 Å². The summed E-state index contributed by atoms with van der Waals surface area (Å²) in [6.07, 6.45) is 1.84. The first-order valence-electron chi connectivity index (χ1n) is 8.11. The van der Waals surface area contributed by atoms with Crippen LogP contribution in [0.15, 0.2) is 54.7 Å². The van der Waals surface area contributed by atoms with Crippen molar-refractivity contribution < 1.29 is 4.39 Å². The van der Waals surface area contributed by atoms with Crippen molar-refractivity contribution in [3.05, 3.63) is 82.9 Å². The van der Waals surface area contributed by atoms with E-state index in [4.69, 9.17) is 5.26 Å². The molecular formula is C20H19FN4. The molecule has 1 unspecified atom stereocenters. The summed E-state index contributed by atoms with van der Waals surface area (Å²) in [4.78, 5) is 0. The molecule has 3 aromatic rings. The Morgan fingerprint density at radius 1 is 1.16 bits per heavy atom. The van der Waals surface area contributed by atoms with Gasteiger partial charge < -0.3 is 5.32 Å². The quantitative estimate of drug-likeness (QED) is 0.766. The molecule has 0 saturated heterocycles. The molecule has 0 radical (unpaired) electrons. The molecule has 0 amide bonds. The van der Waals surface area contributed by atoms with Gasteiger partial charge in [0.2, 0.25) is 0 Å². The maximum atomic E-state index is 13.1. The summed E-state index contributed by atoms with van der Waals surface area (Å²) in [5, 5.41) is 16.7. The van der Waals surface area contributed by atoms with Crippen LogP contribution in [0.5, 0.6) is 0 Å². The molecule has 0 bridgehead atoms. The highest BCUT2D eigenvalue weighted by Crippen LogP contribution is 2.20. The number of nitrogens with one attached hydrogen (secondary N) is 1. The molecule has 4 nitrogen and oxygen atoms in total. The maximum Gasteiger partial charge on any atom is 0.123 e. The number of benzene rings is 2. The van der Waals surface area contributed by atoms with E-state index in [0.29, 0.717) is 12.1 Å². The van der Waals surface area contributed by atoms with E-state index in [0.717, 1.165) is 22.5 Å². The summed E-state index contributed by atoms with van der Waals surface area (Å²) in [6.45, 7) is 4.79. The van der Waals surface area contributed by atoms with Gasteiger partial charge in [-0.15, -0.1) is 0 Å². The van der Waals surface area contributed by atoms with Crippen molar-refractivity contribution in [2.24, 2.45) is 0 Å². The molecule has 0 spiro atoms. The van der Waals surface area contributed by atoms with Crippen molar-refractivity contribution in [2.75, 3.05) is 0 Å². The molecule has 2 aromatic carbocycles. The van der Waals surface area contributed by atoms with Crippen LogP contribution in [0.2, 0.25) is 0 Å². The number of hydrogen-bond donors (Lipinski definition) is 1. The van der Waals surface area contributed by atoms with Gasteiger partial charge in [0.05, 0.1) is 23.5 Å². The Morgan fingerprint density at radius 3 is 2.48 bits per heavy atom. The lowest BCUT2D eigenvalue weighted by Gasteiger charge is -2.14. The molecule has 1 aromatic heterocycles. The molecule has 3 rings (SSSR count). The van der Waals surface area contributed by atoms with E-state index >= 15 is 0 Å². The Bertz CT molecular complexity index is 889. The zero-order valence-electron chi connectivity index (χ0n) is 14.2. The standard InChI is InChI=1S/C20H19FN4/c1-14(23-12-17-5-3-16(11-22)4-6-17)20-13-24-25(15(20)2)19-9-7-18(21)8-10-19/h3-10,13-14,23H,12H2,1-2H3. The third kappa shape index (κ3) is 3.76. The Kier molecular flexibility index (Phi) is 4.92. The van der Waals surface area contributed by atoms with Crippen LogP contribution in [0.1, 0.15) is 35.3 Å². The highest BCUT2D eigenvalue weighted by Gasteiger charge is 2.14. The van der Waals surface area contributed by atoms with Gasteiger partial charge in [0.25, 0.3) is 0 Å². The SMILES string of the molecule is Cc1c(C(C)NCc2ccc(C#N)cc2)cnn1-c1ccc(F)cc1. The Hall–Kier alpha value is -2.97. The van der Waals surface area contributed by atoms with E-state index in [1.165, 1.54) is 12.1 Å². The molecule has 25 heavy (non-hydrogen) atoms. The predicted molar refractivity (Wildman–Crippen MR) is 94.7 cm³/mol. The number of hydrogen-bond acceptors (Lipinski definition) is 3. The molecular weight excluding hydrogens is 315 g/mol. The van der Waals surface area contributed by atoms with Crippen LogP contribution in [-0.2, 0) is 6.54 Å². The second kappa shape index (κ2) is 7.29. The second-order valence-corrected chi connectivity index (χ2v) is 5.98. The number of nitriles is 1. The minimum absolute atomic E-state index is 0.116. The molecule has 0 fully saturated rings. The summed E-state index contributed by atoms with van der Waals surface area (Å²) >= 11 is 0. The monoisotopic (exact) mass is 334 g/mol. The van der Waals surface area contributed by atoms with Crippen molar-refractivity contribution in [3.8, 4) is 11.8 Å². The van der Waals surface area contributed by atoms with Gasteiger partial charge in [0, 0.05) is 23.8 Å². The second-order valence-electron chi connectivity index (χ2n) is 5.98. The Morgan fingerprint density at radius 2 is 1.84 bits per heavy atom. The van der Waals surface area contributed by atoms with Crippen molar-refractivity contribution in [1.29, 1.82) is 5.26 Å². The fourth-order valence-electron chi connectivity index (χ4n) is 2.77. The van der Waals surface area contributed by atoms with Gasteiger partial charge in [0.1, 0.15) is 5.82 Å². The van der Waals surface area contributed by atoms with Gasteiger partial charge in [-0.1, -0.05) is 12.1 Å². The van der Waals surface area contributed by atoms with Gasteiger partial charge in [0.15, 0.2) is 0 Å². The topological polar surface area (TPSA) is 53.6 Å². The number of nitrogens with zero attached hydrogens (tertiary/aromatic N) is 3. The van der Waals surface area contributed by atoms with E-state index in [9.17, 15) is 4.39 Å². The van der Waals surface area contributed by atoms with Crippen LogP contribution in [0, 0.1) is 24.1 Å². The van der Waals surface area contributed by atoms with E-state index in [1.54, 1.807) is 12.1 Å². The van der Waals surface area contributed by atoms with Crippen LogP contribution < -0.4 is 5.32 Å². The minimum Gasteiger partial charge on any atom is -0.306 e. The van der Waals surface area contributed by atoms with Gasteiger partial charge in [-0.2, -0.15) is 10.4 Å².